The number of hydrogen-bond acceptors (Lipinski definition) is 0. The summed E-state index contributed by atoms with van der Waals surface area (Å²) >= 11 is 0. The van der Waals surface area contributed by atoms with Crippen molar-refractivity contribution in [2.45, 2.75) is 155 Å². The number of nitrogens with zero attached hydrogens (tertiary/aromatic N) is 2. The average Bonchev–Trinajstić information content (AvgIpc) is 3.40. The maximum atomic E-state index is 11.2. The Hall–Kier alpha value is -2.48. The normalized spacial score (nSPS) is 13.0. The van der Waals surface area contributed by atoms with E-state index in [-0.39, 0.29) is 0 Å². The van der Waals surface area contributed by atoms with E-state index in [1.807, 2.05) is 0 Å². The lowest BCUT2D eigenvalue weighted by molar-refractivity contribution is -0.344. The lowest BCUT2D eigenvalue weighted by atomic mass is 10.0. The molecular weight excluding hydrogens is 508 g/mol. The van der Waals surface area contributed by atoms with Gasteiger partial charge >= 0.3 is 0 Å². The molecule has 2 heteroatoms. The van der Waals surface area contributed by atoms with Crippen molar-refractivity contribution in [3.63, 3.8) is 0 Å². The Morgan fingerprint density at radius 1 is 0.452 bits per heavy atom. The molecule has 230 valence electrons. The standard InChI is InChI=1S/C40H60N2/c1-3-5-7-9-11-13-15-17-19-21-25-35-27-23-29-37(33-35)39-31-32-40(42(39)41)38-30-24-28-36(34-38)26-22-20-18-16-14-12-10-8-6-4-2/h23-24,27-34H,3-22,25-26H2,1-2H3. The number of benzene rings is 2. The molecule has 3 rings (SSSR count). The van der Waals surface area contributed by atoms with Gasteiger partial charge in [-0.2, -0.15) is 0 Å². The second kappa shape index (κ2) is 21.2. The fourth-order valence-corrected chi connectivity index (χ4v) is 6.27. The lowest BCUT2D eigenvalue weighted by Crippen LogP contribution is -2.02. The van der Waals surface area contributed by atoms with Crippen LogP contribution in [0.15, 0.2) is 60.7 Å². The molecule has 0 saturated carbocycles. The van der Waals surface area contributed by atoms with Crippen LogP contribution in [-0.4, -0.2) is 4.70 Å². The van der Waals surface area contributed by atoms with Gasteiger partial charge in [0, 0.05) is 23.3 Å². The molecule has 0 atom stereocenters. The molecule has 0 saturated heterocycles. The predicted octanol–water partition coefficient (Wildman–Crippen LogP) is 13.0. The second-order valence-electron chi connectivity index (χ2n) is 12.7. The van der Waals surface area contributed by atoms with Crippen LogP contribution in [0.1, 0.15) is 165 Å². The highest BCUT2D eigenvalue weighted by Crippen LogP contribution is 2.31. The van der Waals surface area contributed by atoms with Crippen LogP contribution in [0.4, 0.5) is 0 Å². The lowest BCUT2D eigenvalue weighted by Gasteiger charge is -2.11. The fraction of sp³-hybridized carbons (Fsp3) is 0.600. The Morgan fingerprint density at radius 3 is 1.14 bits per heavy atom. The summed E-state index contributed by atoms with van der Waals surface area (Å²) in [6.07, 6.45) is 33.7. The maximum absolute atomic E-state index is 11.2. The summed E-state index contributed by atoms with van der Waals surface area (Å²) in [4.78, 5) is 0. The molecule has 0 unspecified atom stereocenters. The van der Waals surface area contributed by atoms with Gasteiger partial charge in [-0.1, -0.05) is 154 Å². The smallest absolute Gasteiger partial charge is 0.207 e. The number of aryl methyl sites for hydroxylation is 2. The number of hydrogen-bond donors (Lipinski definition) is 0. The first-order valence-electron chi connectivity index (χ1n) is 17.8. The van der Waals surface area contributed by atoms with E-state index in [2.05, 4.69) is 74.5 Å². The van der Waals surface area contributed by atoms with Crippen LogP contribution >= 0.6 is 0 Å². The molecule has 0 bridgehead atoms. The minimum atomic E-state index is 0.870. The Morgan fingerprint density at radius 2 is 0.786 bits per heavy atom. The Balaban J connectivity index is 1.36. The molecule has 0 fully saturated rings. The molecule has 1 aliphatic heterocycles. The second-order valence-corrected chi connectivity index (χ2v) is 12.7. The van der Waals surface area contributed by atoms with Gasteiger partial charge in [-0.3, -0.25) is 0 Å². The van der Waals surface area contributed by atoms with Crippen molar-refractivity contribution in [1.29, 1.82) is 0 Å². The first kappa shape index (κ1) is 34.0. The van der Waals surface area contributed by atoms with Gasteiger partial charge in [0.2, 0.25) is 11.4 Å². The van der Waals surface area contributed by atoms with E-state index in [4.69, 9.17) is 0 Å². The summed E-state index contributed by atoms with van der Waals surface area (Å²) < 4.78 is 1.39. The van der Waals surface area contributed by atoms with E-state index in [1.165, 1.54) is 144 Å². The average molecular weight is 569 g/mol. The van der Waals surface area contributed by atoms with Crippen LogP contribution in [0.3, 0.4) is 0 Å². The van der Waals surface area contributed by atoms with E-state index in [0.717, 1.165) is 35.4 Å². The summed E-state index contributed by atoms with van der Waals surface area (Å²) in [6.45, 7) is 4.57. The molecule has 42 heavy (non-hydrogen) atoms. The molecule has 1 heterocycles. The van der Waals surface area contributed by atoms with E-state index in [0.29, 0.717) is 0 Å². The van der Waals surface area contributed by atoms with Crippen molar-refractivity contribution >= 4 is 11.4 Å². The molecule has 0 aromatic heterocycles. The highest BCUT2D eigenvalue weighted by molar-refractivity contribution is 5.75. The zero-order valence-electron chi connectivity index (χ0n) is 27.2. The molecule has 2 nitrogen and oxygen atoms in total. The van der Waals surface area contributed by atoms with E-state index in [1.54, 1.807) is 0 Å². The van der Waals surface area contributed by atoms with Crippen molar-refractivity contribution in [1.82, 2.24) is 0 Å². The van der Waals surface area contributed by atoms with Crippen molar-refractivity contribution in [3.05, 3.63) is 88.5 Å². The van der Waals surface area contributed by atoms with Crippen molar-refractivity contribution in [3.8, 4) is 0 Å². The topological polar surface area (TPSA) is 25.3 Å². The third-order valence-electron chi connectivity index (χ3n) is 8.94. The molecule has 0 spiro atoms. The quantitative estimate of drug-likeness (QED) is 0.0889. The van der Waals surface area contributed by atoms with Crippen LogP contribution in [0.5, 0.6) is 0 Å². The monoisotopic (exact) mass is 568 g/mol. The highest BCUT2D eigenvalue weighted by atomic mass is 15.2. The molecule has 0 N–H and O–H groups in total. The summed E-state index contributed by atoms with van der Waals surface area (Å²) in [6, 6.07) is 17.5. The molecule has 1 aliphatic rings. The zero-order valence-corrected chi connectivity index (χ0v) is 27.2. The van der Waals surface area contributed by atoms with Gasteiger partial charge in [-0.05, 0) is 61.1 Å². The Bertz CT molecular complexity index is 1010. The predicted molar refractivity (Wildman–Crippen MR) is 184 cm³/mol. The van der Waals surface area contributed by atoms with Crippen LogP contribution in [0.2, 0.25) is 0 Å². The van der Waals surface area contributed by atoms with E-state index < -0.39 is 0 Å². The minimum Gasteiger partial charge on any atom is -0.493 e. The van der Waals surface area contributed by atoms with Crippen LogP contribution in [0, 0.1) is 0 Å². The molecular formula is C40H60N2. The van der Waals surface area contributed by atoms with E-state index in [9.17, 15) is 5.53 Å². The highest BCUT2D eigenvalue weighted by Gasteiger charge is 2.23. The Kier molecular flexibility index (Phi) is 17.2. The van der Waals surface area contributed by atoms with Crippen molar-refractivity contribution in [2.24, 2.45) is 0 Å². The first-order valence-corrected chi connectivity index (χ1v) is 17.8. The maximum Gasteiger partial charge on any atom is 0.207 e. The zero-order chi connectivity index (χ0) is 29.7. The molecule has 2 aromatic rings. The van der Waals surface area contributed by atoms with Crippen LogP contribution < -0.4 is 0 Å². The summed E-state index contributed by atoms with van der Waals surface area (Å²) in [5.74, 6) is 0. The van der Waals surface area contributed by atoms with Crippen molar-refractivity contribution < 1.29 is 4.70 Å². The summed E-state index contributed by atoms with van der Waals surface area (Å²) in [7, 11) is 0. The van der Waals surface area contributed by atoms with Gasteiger partial charge in [0.05, 0.1) is 0 Å². The minimum absolute atomic E-state index is 0.870. The molecule has 0 aliphatic carbocycles. The Labute approximate surface area is 259 Å². The van der Waals surface area contributed by atoms with Gasteiger partial charge < -0.3 is 5.53 Å². The number of allylic oxidation sites excluding steroid dienone is 2. The van der Waals surface area contributed by atoms with Crippen LogP contribution in [-0.2, 0) is 12.8 Å². The molecule has 0 radical (unpaired) electrons. The number of unbranched alkanes of at least 4 members (excludes halogenated alkanes) is 18. The van der Waals surface area contributed by atoms with Gasteiger partial charge in [0.15, 0.2) is 0 Å². The third kappa shape index (κ3) is 12.8. The summed E-state index contributed by atoms with van der Waals surface area (Å²) in [5.41, 5.74) is 17.8. The fourth-order valence-electron chi connectivity index (χ4n) is 6.27. The molecule has 0 amide bonds. The SMILES string of the molecule is CCCCCCCCCCCCc1cccc(C2=CC=C(c3cccc(CCCCCCCCCCCC)c3)[N+]2=[N-])c1. The van der Waals surface area contributed by atoms with Gasteiger partial charge in [-0.15, -0.1) is 0 Å². The van der Waals surface area contributed by atoms with Crippen molar-refractivity contribution in [2.75, 3.05) is 0 Å². The van der Waals surface area contributed by atoms with Gasteiger partial charge in [0.25, 0.3) is 0 Å². The van der Waals surface area contributed by atoms with Gasteiger partial charge in [-0.25, -0.2) is 4.70 Å². The largest absolute Gasteiger partial charge is 0.493 e. The first-order chi connectivity index (χ1) is 20.7. The van der Waals surface area contributed by atoms with Crippen LogP contribution in [0.25, 0.3) is 16.9 Å². The third-order valence-corrected chi connectivity index (χ3v) is 8.94. The van der Waals surface area contributed by atoms with E-state index >= 15 is 0 Å². The molecule has 2 aromatic carbocycles. The number of rotatable bonds is 24. The van der Waals surface area contributed by atoms with Gasteiger partial charge in [0.1, 0.15) is 0 Å². The summed E-state index contributed by atoms with van der Waals surface area (Å²) in [5, 5.41) is 0.